The van der Waals surface area contributed by atoms with Crippen LogP contribution in [0.2, 0.25) is 0 Å². The lowest BCUT2D eigenvalue weighted by Gasteiger charge is -2.56. The van der Waals surface area contributed by atoms with Gasteiger partial charge in [-0.2, -0.15) is 0 Å². The number of benzene rings is 1. The molecule has 0 unspecified atom stereocenters. The summed E-state index contributed by atoms with van der Waals surface area (Å²) in [5.41, 5.74) is 2.15. The van der Waals surface area contributed by atoms with Crippen LogP contribution in [0.3, 0.4) is 0 Å². The summed E-state index contributed by atoms with van der Waals surface area (Å²) >= 11 is 5.66. The topological polar surface area (TPSA) is 82.0 Å². The second-order valence-electron chi connectivity index (χ2n) is 12.4. The highest BCUT2D eigenvalue weighted by atomic mass is 32.1. The summed E-state index contributed by atoms with van der Waals surface area (Å²) in [6.07, 6.45) is 11.8. The van der Waals surface area contributed by atoms with E-state index in [-0.39, 0.29) is 21.9 Å². The Labute approximate surface area is 224 Å². The van der Waals surface area contributed by atoms with E-state index in [2.05, 4.69) is 20.0 Å². The van der Waals surface area contributed by atoms with Crippen LogP contribution in [-0.4, -0.2) is 60.1 Å². The zero-order chi connectivity index (χ0) is 25.6. The number of nitro groups is 1. The fourth-order valence-corrected chi connectivity index (χ4v) is 8.80. The van der Waals surface area contributed by atoms with E-state index in [1.54, 1.807) is 6.07 Å². The van der Waals surface area contributed by atoms with Crippen molar-refractivity contribution in [1.82, 2.24) is 10.2 Å². The Hall–Kier alpha value is -2.42. The number of hydrogen-bond acceptors (Lipinski definition) is 6. The molecule has 2 heterocycles. The molecule has 6 aliphatic rings. The Morgan fingerprint density at radius 1 is 0.946 bits per heavy atom. The minimum Gasteiger partial charge on any atom is -0.368 e. The fraction of sp³-hybridized carbons (Fsp3) is 0.714. The first kappa shape index (κ1) is 24.9. The van der Waals surface area contributed by atoms with Crippen LogP contribution in [0.1, 0.15) is 64.2 Å². The van der Waals surface area contributed by atoms with Gasteiger partial charge in [-0.25, -0.2) is 0 Å². The van der Waals surface area contributed by atoms with Gasteiger partial charge >= 0.3 is 0 Å². The lowest BCUT2D eigenvalue weighted by Crippen LogP contribution is -2.54. The summed E-state index contributed by atoms with van der Waals surface area (Å²) in [7, 11) is 0. The number of piperazine rings is 1. The smallest absolute Gasteiger partial charge is 0.292 e. The predicted molar refractivity (Wildman–Crippen MR) is 149 cm³/mol. The Kier molecular flexibility index (Phi) is 6.75. The number of anilines is 2. The van der Waals surface area contributed by atoms with Gasteiger partial charge in [0.1, 0.15) is 5.69 Å². The first-order chi connectivity index (χ1) is 17.9. The highest BCUT2D eigenvalue weighted by Crippen LogP contribution is 2.61. The molecule has 0 atom stereocenters. The molecule has 37 heavy (non-hydrogen) atoms. The number of piperidine rings is 1. The van der Waals surface area contributed by atoms with Gasteiger partial charge in [0, 0.05) is 57.4 Å². The van der Waals surface area contributed by atoms with Crippen molar-refractivity contribution >= 4 is 40.3 Å². The molecule has 0 radical (unpaired) electrons. The molecule has 2 aliphatic heterocycles. The third-order valence-corrected chi connectivity index (χ3v) is 10.1. The third kappa shape index (κ3) is 5.16. The van der Waals surface area contributed by atoms with Crippen molar-refractivity contribution in [3.63, 3.8) is 0 Å². The van der Waals surface area contributed by atoms with Crippen molar-refractivity contribution in [2.45, 2.75) is 64.2 Å². The number of nitro benzene ring substituents is 1. The van der Waals surface area contributed by atoms with E-state index in [1.807, 2.05) is 12.1 Å². The van der Waals surface area contributed by atoms with Crippen LogP contribution < -0.4 is 15.1 Å². The first-order valence-electron chi connectivity index (χ1n) is 14.2. The van der Waals surface area contributed by atoms with Gasteiger partial charge in [-0.05, 0) is 105 Å². The molecule has 6 fully saturated rings. The lowest BCUT2D eigenvalue weighted by molar-refractivity contribution is -0.384. The highest BCUT2D eigenvalue weighted by molar-refractivity contribution is 7.80. The van der Waals surface area contributed by atoms with Crippen molar-refractivity contribution in [3.05, 3.63) is 28.3 Å². The Morgan fingerprint density at radius 3 is 2.16 bits per heavy atom. The lowest BCUT2D eigenvalue weighted by atomic mass is 9.49. The number of amides is 1. The van der Waals surface area contributed by atoms with E-state index < -0.39 is 0 Å². The molecule has 1 amide bonds. The number of nitrogens with one attached hydrogen (secondary N) is 1. The van der Waals surface area contributed by atoms with E-state index in [9.17, 15) is 14.9 Å². The van der Waals surface area contributed by atoms with Crippen molar-refractivity contribution in [1.29, 1.82) is 0 Å². The Bertz CT molecular complexity index is 1030. The molecule has 200 valence electrons. The van der Waals surface area contributed by atoms with Crippen LogP contribution in [0.25, 0.3) is 0 Å². The molecule has 7 rings (SSSR count). The van der Waals surface area contributed by atoms with Gasteiger partial charge in [-0.3, -0.25) is 14.9 Å². The molecule has 1 N–H and O–H groups in total. The highest BCUT2D eigenvalue weighted by Gasteiger charge is 2.51. The average molecular weight is 526 g/mol. The van der Waals surface area contributed by atoms with Crippen LogP contribution in [0.4, 0.5) is 17.1 Å². The molecule has 9 heteroatoms. The van der Waals surface area contributed by atoms with E-state index in [0.717, 1.165) is 81.2 Å². The third-order valence-electron chi connectivity index (χ3n) is 9.73. The Balaban J connectivity index is 1.04. The van der Waals surface area contributed by atoms with E-state index >= 15 is 0 Å². The monoisotopic (exact) mass is 525 g/mol. The fourth-order valence-electron chi connectivity index (χ4n) is 8.51. The second-order valence-corrected chi connectivity index (χ2v) is 12.8. The summed E-state index contributed by atoms with van der Waals surface area (Å²) in [6, 6.07) is 5.51. The summed E-state index contributed by atoms with van der Waals surface area (Å²) < 4.78 is 0. The van der Waals surface area contributed by atoms with Gasteiger partial charge < -0.3 is 20.0 Å². The predicted octanol–water partition coefficient (Wildman–Crippen LogP) is 4.71. The van der Waals surface area contributed by atoms with Crippen LogP contribution in [0.15, 0.2) is 18.2 Å². The molecular weight excluding hydrogens is 486 g/mol. The van der Waals surface area contributed by atoms with Crippen molar-refractivity contribution in [3.8, 4) is 0 Å². The number of thiocarbonyl (C=S) groups is 1. The largest absolute Gasteiger partial charge is 0.368 e. The van der Waals surface area contributed by atoms with E-state index in [4.69, 9.17) is 12.2 Å². The van der Waals surface area contributed by atoms with Gasteiger partial charge in [-0.15, -0.1) is 0 Å². The molecule has 4 aliphatic carbocycles. The van der Waals surface area contributed by atoms with Crippen LogP contribution in [-0.2, 0) is 4.79 Å². The Morgan fingerprint density at radius 2 is 1.57 bits per heavy atom. The molecule has 1 aromatic carbocycles. The number of hydrogen-bond donors (Lipinski definition) is 1. The molecule has 1 aromatic rings. The maximum atomic E-state index is 13.0. The van der Waals surface area contributed by atoms with Gasteiger partial charge in [0.2, 0.25) is 5.91 Å². The summed E-state index contributed by atoms with van der Waals surface area (Å²) in [5.74, 6) is 2.62. The summed E-state index contributed by atoms with van der Waals surface area (Å²) in [4.78, 5) is 31.0. The second kappa shape index (κ2) is 10.0. The van der Waals surface area contributed by atoms with Crippen molar-refractivity contribution < 1.29 is 9.72 Å². The van der Waals surface area contributed by atoms with Crippen LogP contribution >= 0.6 is 12.2 Å². The van der Waals surface area contributed by atoms with E-state index in [0.29, 0.717) is 11.5 Å². The van der Waals surface area contributed by atoms with Crippen molar-refractivity contribution in [2.75, 3.05) is 49.1 Å². The molecule has 2 saturated heterocycles. The van der Waals surface area contributed by atoms with Gasteiger partial charge in [0.25, 0.3) is 5.69 Å². The maximum Gasteiger partial charge on any atom is 0.292 e. The quantitative estimate of drug-likeness (QED) is 0.339. The zero-order valence-corrected chi connectivity index (χ0v) is 22.5. The zero-order valence-electron chi connectivity index (χ0n) is 21.7. The molecule has 0 aromatic heterocycles. The molecule has 4 saturated carbocycles. The molecule has 4 bridgehead atoms. The number of nitrogens with zero attached hydrogens (tertiary/aromatic N) is 4. The first-order valence-corrected chi connectivity index (χ1v) is 14.7. The normalized spacial score (nSPS) is 30.9. The summed E-state index contributed by atoms with van der Waals surface area (Å²) in [5, 5.41) is 15.3. The minimum atomic E-state index is -0.268. The molecule has 8 nitrogen and oxygen atoms in total. The van der Waals surface area contributed by atoms with Gasteiger partial charge in [0.15, 0.2) is 5.11 Å². The number of carbonyl (C=O) groups is 1. The molecular formula is C28H39N5O3S. The van der Waals surface area contributed by atoms with Crippen molar-refractivity contribution in [2.24, 2.45) is 23.2 Å². The van der Waals surface area contributed by atoms with Crippen LogP contribution in [0.5, 0.6) is 0 Å². The average Bonchev–Trinajstić information content (AvgIpc) is 2.87. The number of rotatable bonds is 5. The van der Waals surface area contributed by atoms with Gasteiger partial charge in [-0.1, -0.05) is 0 Å². The van der Waals surface area contributed by atoms with Crippen LogP contribution in [0, 0.1) is 33.3 Å². The molecule has 0 spiro atoms. The standard InChI is InChI=1S/C28H39N5O3S/c34-26(19-28-16-20-12-21(17-28)14-22(13-20)18-28)29-27(37)32-10-8-30(9-11-32)23-4-5-24(33(35)36)25(15-23)31-6-2-1-3-7-31/h4-5,15,20-22H,1-3,6-14,16-19H2,(H,29,34,37). The summed E-state index contributed by atoms with van der Waals surface area (Å²) in [6.45, 7) is 4.73. The van der Waals surface area contributed by atoms with E-state index in [1.165, 1.54) is 44.9 Å². The number of carbonyl (C=O) groups excluding carboxylic acids is 1. The SMILES string of the molecule is O=C(CC12CC3CC(CC(C3)C1)C2)NC(=S)N1CCN(c2ccc([N+](=O)[O-])c(N3CCCCC3)c2)CC1. The minimum absolute atomic E-state index is 0.0934. The van der Waals surface area contributed by atoms with Gasteiger partial charge in [0.05, 0.1) is 4.92 Å². The maximum absolute atomic E-state index is 13.0.